The Morgan fingerprint density at radius 1 is 1.27 bits per heavy atom. The summed E-state index contributed by atoms with van der Waals surface area (Å²) in [6.45, 7) is 6.74. The maximum atomic E-state index is 4.07. The van der Waals surface area contributed by atoms with Gasteiger partial charge in [-0.3, -0.25) is 0 Å². The summed E-state index contributed by atoms with van der Waals surface area (Å²) in [7, 11) is -1.28. The molecule has 0 aliphatic heterocycles. The van der Waals surface area contributed by atoms with Crippen LogP contribution in [0.5, 0.6) is 0 Å². The van der Waals surface area contributed by atoms with E-state index in [0.29, 0.717) is 0 Å². The summed E-state index contributed by atoms with van der Waals surface area (Å²) >= 11 is 0. The van der Waals surface area contributed by atoms with Crippen LogP contribution in [0.4, 0.5) is 0 Å². The Morgan fingerprint density at radius 3 is 2.80 bits per heavy atom. The van der Waals surface area contributed by atoms with Crippen LogP contribution in [0.2, 0.25) is 19.6 Å². The second-order valence-corrected chi connectivity index (χ2v) is 9.39. The van der Waals surface area contributed by atoms with E-state index in [4.69, 9.17) is 0 Å². The normalized spacial score (nSPS) is 11.1. The zero-order valence-corrected chi connectivity index (χ0v) is 10.3. The first-order chi connectivity index (χ1) is 7.04. The number of fused-ring (bicyclic) bond motifs is 1. The average molecular weight is 214 g/mol. The van der Waals surface area contributed by atoms with Gasteiger partial charge in [0.05, 0.1) is 18.0 Å². The lowest BCUT2D eigenvalue weighted by Crippen LogP contribution is -2.16. The molecule has 2 heterocycles. The Labute approximate surface area is 91.0 Å². The van der Waals surface area contributed by atoms with Gasteiger partial charge in [-0.15, -0.1) is 5.54 Å². The zero-order valence-electron chi connectivity index (χ0n) is 9.28. The Balaban J connectivity index is 2.39. The highest BCUT2D eigenvalue weighted by Crippen LogP contribution is 2.05. The molecule has 0 saturated heterocycles. The van der Waals surface area contributed by atoms with Crippen LogP contribution in [-0.2, 0) is 0 Å². The van der Waals surface area contributed by atoms with Crippen molar-refractivity contribution >= 4 is 13.6 Å². The molecular weight excluding hydrogens is 200 g/mol. The minimum Gasteiger partial charge on any atom is -0.305 e. The third-order valence-corrected chi connectivity index (χ3v) is 2.86. The standard InChI is InChI=1S/C12H14N2Si/c1-15(2,3)7-6-11-4-5-12-8-13-10-14(12)9-11/h4-5,8-10H,1-3H3. The van der Waals surface area contributed by atoms with Crippen molar-refractivity contribution in [1.82, 2.24) is 9.38 Å². The highest BCUT2D eigenvalue weighted by Gasteiger charge is 2.07. The highest BCUT2D eigenvalue weighted by molar-refractivity contribution is 6.83. The Hall–Kier alpha value is -1.53. The van der Waals surface area contributed by atoms with Crippen LogP contribution in [0.1, 0.15) is 5.56 Å². The second kappa shape index (κ2) is 3.56. The van der Waals surface area contributed by atoms with Crippen LogP contribution in [-0.4, -0.2) is 17.5 Å². The van der Waals surface area contributed by atoms with Gasteiger partial charge in [0.1, 0.15) is 8.07 Å². The summed E-state index contributed by atoms with van der Waals surface area (Å²) in [6.07, 6.45) is 5.67. The first-order valence-electron chi connectivity index (χ1n) is 4.99. The summed E-state index contributed by atoms with van der Waals surface area (Å²) in [5.41, 5.74) is 5.51. The summed E-state index contributed by atoms with van der Waals surface area (Å²) in [6, 6.07) is 4.09. The van der Waals surface area contributed by atoms with E-state index in [1.807, 2.05) is 28.9 Å². The third-order valence-electron chi connectivity index (χ3n) is 1.99. The summed E-state index contributed by atoms with van der Waals surface area (Å²) in [5.74, 6) is 3.23. The summed E-state index contributed by atoms with van der Waals surface area (Å²) in [5, 5.41) is 0. The molecule has 2 aromatic heterocycles. The van der Waals surface area contributed by atoms with E-state index in [0.717, 1.165) is 11.1 Å². The molecule has 0 spiro atoms. The van der Waals surface area contributed by atoms with Crippen molar-refractivity contribution in [2.45, 2.75) is 19.6 Å². The molecule has 0 saturated carbocycles. The lowest BCUT2D eigenvalue weighted by Gasteiger charge is -2.03. The third kappa shape index (κ3) is 2.48. The molecule has 2 rings (SSSR count). The van der Waals surface area contributed by atoms with Gasteiger partial charge in [0.2, 0.25) is 0 Å². The van der Waals surface area contributed by atoms with E-state index in [2.05, 4.69) is 36.1 Å². The molecule has 2 nitrogen and oxygen atoms in total. The van der Waals surface area contributed by atoms with E-state index < -0.39 is 8.07 Å². The van der Waals surface area contributed by atoms with E-state index in [-0.39, 0.29) is 0 Å². The predicted molar refractivity (Wildman–Crippen MR) is 65.4 cm³/mol. The smallest absolute Gasteiger partial charge is 0.129 e. The number of hydrogen-bond acceptors (Lipinski definition) is 1. The first kappa shape index (κ1) is 10.0. The van der Waals surface area contributed by atoms with Crippen molar-refractivity contribution in [1.29, 1.82) is 0 Å². The lowest BCUT2D eigenvalue weighted by atomic mass is 10.3. The summed E-state index contributed by atoms with van der Waals surface area (Å²) < 4.78 is 1.99. The van der Waals surface area contributed by atoms with Gasteiger partial charge in [0.15, 0.2) is 0 Å². The molecular formula is C12H14N2Si. The number of hydrogen-bond donors (Lipinski definition) is 0. The largest absolute Gasteiger partial charge is 0.305 e. The molecule has 0 aromatic carbocycles. The van der Waals surface area contributed by atoms with Crippen molar-refractivity contribution < 1.29 is 0 Å². The zero-order chi connectivity index (χ0) is 10.9. The van der Waals surface area contributed by atoms with E-state index in [1.165, 1.54) is 0 Å². The van der Waals surface area contributed by atoms with Gasteiger partial charge in [-0.2, -0.15) is 0 Å². The predicted octanol–water partition coefficient (Wildman–Crippen LogP) is 2.56. The van der Waals surface area contributed by atoms with Gasteiger partial charge < -0.3 is 4.40 Å². The minimum absolute atomic E-state index is 1.06. The van der Waals surface area contributed by atoms with Gasteiger partial charge in [0.25, 0.3) is 0 Å². The Morgan fingerprint density at radius 2 is 2.07 bits per heavy atom. The van der Waals surface area contributed by atoms with Crippen molar-refractivity contribution in [2.24, 2.45) is 0 Å². The van der Waals surface area contributed by atoms with Crippen LogP contribution < -0.4 is 0 Å². The molecule has 0 N–H and O–H groups in total. The molecule has 0 aliphatic rings. The topological polar surface area (TPSA) is 17.3 Å². The van der Waals surface area contributed by atoms with Crippen molar-refractivity contribution in [3.63, 3.8) is 0 Å². The second-order valence-electron chi connectivity index (χ2n) is 4.64. The molecule has 0 unspecified atom stereocenters. The fourth-order valence-electron chi connectivity index (χ4n) is 1.25. The molecule has 0 atom stereocenters. The van der Waals surface area contributed by atoms with Crippen molar-refractivity contribution in [2.75, 3.05) is 0 Å². The average Bonchev–Trinajstić information content (AvgIpc) is 2.60. The van der Waals surface area contributed by atoms with Gasteiger partial charge in [0, 0.05) is 11.8 Å². The van der Waals surface area contributed by atoms with Crippen LogP contribution in [0, 0.1) is 11.5 Å². The van der Waals surface area contributed by atoms with Gasteiger partial charge in [-0.25, -0.2) is 4.98 Å². The SMILES string of the molecule is C[Si](C)(C)C#Cc1ccc2cncn2c1. The molecule has 0 amide bonds. The molecule has 2 aromatic rings. The Bertz CT molecular complexity index is 538. The van der Waals surface area contributed by atoms with E-state index in [9.17, 15) is 0 Å². The van der Waals surface area contributed by atoms with Crippen molar-refractivity contribution in [3.05, 3.63) is 36.4 Å². The van der Waals surface area contributed by atoms with E-state index >= 15 is 0 Å². The fraction of sp³-hybridized carbons (Fsp3) is 0.250. The molecule has 0 radical (unpaired) electrons. The van der Waals surface area contributed by atoms with Gasteiger partial charge in [-0.05, 0) is 12.1 Å². The number of pyridine rings is 1. The summed E-state index contributed by atoms with van der Waals surface area (Å²) in [4.78, 5) is 4.07. The fourth-order valence-corrected chi connectivity index (χ4v) is 1.77. The molecule has 15 heavy (non-hydrogen) atoms. The highest BCUT2D eigenvalue weighted by atomic mass is 28.3. The lowest BCUT2D eigenvalue weighted by molar-refractivity contribution is 1.15. The maximum absolute atomic E-state index is 4.07. The molecule has 3 heteroatoms. The van der Waals surface area contributed by atoms with Gasteiger partial charge in [-0.1, -0.05) is 25.6 Å². The van der Waals surface area contributed by atoms with E-state index in [1.54, 1.807) is 6.33 Å². The molecule has 0 bridgehead atoms. The molecule has 0 fully saturated rings. The van der Waals surface area contributed by atoms with Crippen LogP contribution >= 0.6 is 0 Å². The van der Waals surface area contributed by atoms with Gasteiger partial charge >= 0.3 is 0 Å². The number of nitrogens with zero attached hydrogens (tertiary/aromatic N) is 2. The number of imidazole rings is 1. The molecule has 0 aliphatic carbocycles. The maximum Gasteiger partial charge on any atom is 0.129 e. The van der Waals surface area contributed by atoms with Crippen molar-refractivity contribution in [3.8, 4) is 11.5 Å². The van der Waals surface area contributed by atoms with Crippen LogP contribution in [0.25, 0.3) is 5.52 Å². The van der Waals surface area contributed by atoms with Crippen LogP contribution in [0.3, 0.4) is 0 Å². The molecule has 76 valence electrons. The number of rotatable bonds is 0. The Kier molecular flexibility index (Phi) is 2.37. The minimum atomic E-state index is -1.28. The monoisotopic (exact) mass is 214 g/mol. The quantitative estimate of drug-likeness (QED) is 0.486. The van der Waals surface area contributed by atoms with Crippen LogP contribution in [0.15, 0.2) is 30.9 Å². The first-order valence-corrected chi connectivity index (χ1v) is 8.49. The number of aromatic nitrogens is 2.